The van der Waals surface area contributed by atoms with E-state index in [4.69, 9.17) is 5.11 Å². The highest BCUT2D eigenvalue weighted by Crippen LogP contribution is 2.22. The summed E-state index contributed by atoms with van der Waals surface area (Å²) in [6.07, 6.45) is 1.12. The Labute approximate surface area is 101 Å². The highest BCUT2D eigenvalue weighted by Gasteiger charge is 2.36. The minimum Gasteiger partial charge on any atom is -0.481 e. The van der Waals surface area contributed by atoms with Crippen molar-refractivity contribution in [1.82, 2.24) is 15.1 Å². The minimum absolute atomic E-state index is 0.0186. The van der Waals surface area contributed by atoms with Gasteiger partial charge in [-0.05, 0) is 25.9 Å². The second kappa shape index (κ2) is 4.91. The van der Waals surface area contributed by atoms with E-state index in [9.17, 15) is 9.59 Å². The number of rotatable bonds is 4. The lowest BCUT2D eigenvalue weighted by Crippen LogP contribution is -2.35. The second-order valence-electron chi connectivity index (χ2n) is 4.96. The summed E-state index contributed by atoms with van der Waals surface area (Å²) in [6, 6.07) is 0.0621. The Bertz CT molecular complexity index is 321. The Morgan fingerprint density at radius 2 is 2.29 bits per heavy atom. The third-order valence-corrected chi connectivity index (χ3v) is 3.61. The van der Waals surface area contributed by atoms with E-state index in [1.807, 2.05) is 0 Å². The van der Waals surface area contributed by atoms with Crippen LogP contribution >= 0.6 is 0 Å². The van der Waals surface area contributed by atoms with Crippen LogP contribution in [0, 0.1) is 5.92 Å². The summed E-state index contributed by atoms with van der Waals surface area (Å²) in [5, 5.41) is 11.6. The highest BCUT2D eigenvalue weighted by molar-refractivity contribution is 5.77. The molecule has 17 heavy (non-hydrogen) atoms. The van der Waals surface area contributed by atoms with Gasteiger partial charge in [-0.1, -0.05) is 0 Å². The molecule has 0 saturated carbocycles. The van der Waals surface area contributed by atoms with Crippen LogP contribution in [0.15, 0.2) is 0 Å². The van der Waals surface area contributed by atoms with Crippen molar-refractivity contribution in [2.45, 2.75) is 18.9 Å². The van der Waals surface area contributed by atoms with Crippen molar-refractivity contribution in [3.63, 3.8) is 0 Å². The van der Waals surface area contributed by atoms with E-state index >= 15 is 0 Å². The lowest BCUT2D eigenvalue weighted by Gasteiger charge is -2.18. The first-order valence-corrected chi connectivity index (χ1v) is 6.02. The van der Waals surface area contributed by atoms with Crippen LogP contribution in [0.1, 0.15) is 12.8 Å². The maximum atomic E-state index is 11.6. The number of aliphatic carboxylic acids is 1. The molecule has 2 amide bonds. The summed E-state index contributed by atoms with van der Waals surface area (Å²) >= 11 is 0. The number of likely N-dealkylation sites (tertiary alicyclic amines) is 1. The molecule has 2 aliphatic rings. The van der Waals surface area contributed by atoms with Crippen LogP contribution in [0.5, 0.6) is 0 Å². The normalized spacial score (nSPS) is 29.7. The van der Waals surface area contributed by atoms with Crippen LogP contribution in [-0.4, -0.2) is 66.2 Å². The molecule has 2 rings (SSSR count). The molecule has 2 N–H and O–H groups in total. The van der Waals surface area contributed by atoms with Gasteiger partial charge in [0.15, 0.2) is 0 Å². The van der Waals surface area contributed by atoms with Crippen molar-refractivity contribution in [2.24, 2.45) is 5.92 Å². The quantitative estimate of drug-likeness (QED) is 0.715. The van der Waals surface area contributed by atoms with E-state index in [1.54, 1.807) is 4.90 Å². The van der Waals surface area contributed by atoms with Gasteiger partial charge in [-0.15, -0.1) is 0 Å². The molecular weight excluding hydrogens is 222 g/mol. The number of carboxylic acids is 1. The molecule has 0 aliphatic carbocycles. The lowest BCUT2D eigenvalue weighted by molar-refractivity contribution is -0.137. The third kappa shape index (κ3) is 2.88. The van der Waals surface area contributed by atoms with Crippen LogP contribution in [-0.2, 0) is 4.79 Å². The Morgan fingerprint density at radius 3 is 2.88 bits per heavy atom. The molecule has 0 radical (unpaired) electrons. The third-order valence-electron chi connectivity index (χ3n) is 3.61. The Morgan fingerprint density at radius 1 is 1.53 bits per heavy atom. The Balaban J connectivity index is 1.84. The minimum atomic E-state index is -0.859. The molecule has 0 bridgehead atoms. The van der Waals surface area contributed by atoms with E-state index in [0.717, 1.165) is 19.5 Å². The second-order valence-corrected chi connectivity index (χ2v) is 4.96. The molecule has 2 atom stereocenters. The summed E-state index contributed by atoms with van der Waals surface area (Å²) in [4.78, 5) is 26.0. The predicted molar refractivity (Wildman–Crippen MR) is 61.7 cm³/mol. The first-order valence-electron chi connectivity index (χ1n) is 6.02. The number of carboxylic acid groups (broad SMARTS) is 1. The van der Waals surface area contributed by atoms with Gasteiger partial charge in [0.25, 0.3) is 0 Å². The monoisotopic (exact) mass is 241 g/mol. The van der Waals surface area contributed by atoms with Gasteiger partial charge in [0.05, 0.1) is 12.5 Å². The smallest absolute Gasteiger partial charge is 0.317 e. The average molecular weight is 241 g/mol. The van der Waals surface area contributed by atoms with Gasteiger partial charge in [-0.25, -0.2) is 4.79 Å². The van der Waals surface area contributed by atoms with E-state index in [2.05, 4.69) is 17.3 Å². The number of hydrogen-bond acceptors (Lipinski definition) is 3. The SMILES string of the molecule is CN1CCC(C2CN(CCC(=O)O)C(=O)N2)C1. The molecule has 0 aromatic rings. The number of hydrogen-bond donors (Lipinski definition) is 2. The van der Waals surface area contributed by atoms with Gasteiger partial charge in [-0.2, -0.15) is 0 Å². The molecular formula is C11H19N3O3. The number of nitrogens with one attached hydrogen (secondary N) is 1. The molecule has 2 unspecified atom stereocenters. The Kier molecular flexibility index (Phi) is 3.51. The summed E-state index contributed by atoms with van der Waals surface area (Å²) in [5.74, 6) is -0.361. The first-order chi connectivity index (χ1) is 8.06. The summed E-state index contributed by atoms with van der Waals surface area (Å²) in [7, 11) is 2.08. The zero-order valence-electron chi connectivity index (χ0n) is 10.1. The molecule has 0 aromatic carbocycles. The summed E-state index contributed by atoms with van der Waals surface area (Å²) in [5.41, 5.74) is 0. The number of nitrogens with zero attached hydrogens (tertiary/aromatic N) is 2. The van der Waals surface area contributed by atoms with E-state index in [0.29, 0.717) is 19.0 Å². The van der Waals surface area contributed by atoms with Crippen LogP contribution < -0.4 is 5.32 Å². The molecule has 0 spiro atoms. The van der Waals surface area contributed by atoms with Gasteiger partial charge in [0, 0.05) is 19.6 Å². The molecule has 2 heterocycles. The largest absolute Gasteiger partial charge is 0.481 e. The average Bonchev–Trinajstić information content (AvgIpc) is 2.82. The number of carbonyl (C=O) groups is 2. The number of carbonyl (C=O) groups excluding carboxylic acids is 1. The predicted octanol–water partition coefficient (Wildman–Crippen LogP) is -0.193. The van der Waals surface area contributed by atoms with Gasteiger partial charge in [0.2, 0.25) is 0 Å². The zero-order chi connectivity index (χ0) is 12.4. The molecule has 2 aliphatic heterocycles. The zero-order valence-corrected chi connectivity index (χ0v) is 10.1. The van der Waals surface area contributed by atoms with E-state index < -0.39 is 5.97 Å². The van der Waals surface area contributed by atoms with Gasteiger partial charge in [-0.3, -0.25) is 4.79 Å². The fourth-order valence-corrected chi connectivity index (χ4v) is 2.60. The van der Waals surface area contributed by atoms with Crippen molar-refractivity contribution in [3.8, 4) is 0 Å². The van der Waals surface area contributed by atoms with Crippen LogP contribution in [0.2, 0.25) is 0 Å². The van der Waals surface area contributed by atoms with Gasteiger partial charge >= 0.3 is 12.0 Å². The van der Waals surface area contributed by atoms with Crippen molar-refractivity contribution < 1.29 is 14.7 Å². The molecule has 2 fully saturated rings. The van der Waals surface area contributed by atoms with Gasteiger partial charge in [0.1, 0.15) is 0 Å². The lowest BCUT2D eigenvalue weighted by atomic mass is 10.00. The van der Waals surface area contributed by atoms with Crippen molar-refractivity contribution in [2.75, 3.05) is 33.2 Å². The summed E-state index contributed by atoms with van der Waals surface area (Å²) < 4.78 is 0. The van der Waals surface area contributed by atoms with E-state index in [-0.39, 0.29) is 18.5 Å². The van der Waals surface area contributed by atoms with E-state index in [1.165, 1.54) is 0 Å². The molecule has 96 valence electrons. The molecule has 6 nitrogen and oxygen atoms in total. The fraction of sp³-hybridized carbons (Fsp3) is 0.818. The Hall–Kier alpha value is -1.30. The van der Waals surface area contributed by atoms with Crippen molar-refractivity contribution >= 4 is 12.0 Å². The maximum Gasteiger partial charge on any atom is 0.317 e. The highest BCUT2D eigenvalue weighted by atomic mass is 16.4. The van der Waals surface area contributed by atoms with Crippen molar-refractivity contribution in [1.29, 1.82) is 0 Å². The standard InChI is InChI=1S/C11H19N3O3/c1-13-4-2-8(6-13)9-7-14(11(17)12-9)5-3-10(15)16/h8-9H,2-7H2,1H3,(H,12,17)(H,15,16). The van der Waals surface area contributed by atoms with Crippen molar-refractivity contribution in [3.05, 3.63) is 0 Å². The van der Waals surface area contributed by atoms with Crippen LogP contribution in [0.3, 0.4) is 0 Å². The topological polar surface area (TPSA) is 72.9 Å². The van der Waals surface area contributed by atoms with Crippen LogP contribution in [0.25, 0.3) is 0 Å². The molecule has 2 saturated heterocycles. The molecule has 6 heteroatoms. The van der Waals surface area contributed by atoms with Crippen LogP contribution in [0.4, 0.5) is 4.79 Å². The summed E-state index contributed by atoms with van der Waals surface area (Å²) in [6.45, 7) is 3.04. The first kappa shape index (κ1) is 12.2. The molecule has 0 aromatic heterocycles. The maximum absolute atomic E-state index is 11.6. The fourth-order valence-electron chi connectivity index (χ4n) is 2.60. The number of urea groups is 1. The number of amides is 2. The van der Waals surface area contributed by atoms with Gasteiger partial charge < -0.3 is 20.2 Å².